The Bertz CT molecular complexity index is 2070. The van der Waals surface area contributed by atoms with E-state index in [1.54, 1.807) is 0 Å². The third-order valence-electron chi connectivity index (χ3n) is 21.3. The van der Waals surface area contributed by atoms with Crippen LogP contribution in [0.1, 0.15) is 478 Å². The van der Waals surface area contributed by atoms with Crippen LogP contribution in [0.15, 0.2) is 0 Å². The number of ether oxygens (including phenoxy) is 4. The predicted molar refractivity (Wildman–Crippen MR) is 446 cm³/mol. The van der Waals surface area contributed by atoms with Gasteiger partial charge in [0.25, 0.3) is 0 Å². The molecule has 0 aromatic carbocycles. The largest absolute Gasteiger partial charge is 0.472 e. The maximum atomic E-state index is 13.2. The van der Waals surface area contributed by atoms with Crippen molar-refractivity contribution < 1.29 is 80.2 Å². The van der Waals surface area contributed by atoms with Crippen molar-refractivity contribution in [2.45, 2.75) is 496 Å². The molecule has 108 heavy (non-hydrogen) atoms. The minimum Gasteiger partial charge on any atom is -0.462 e. The molecule has 642 valence electrons. The minimum atomic E-state index is -4.97. The van der Waals surface area contributed by atoms with Crippen LogP contribution in [-0.2, 0) is 65.4 Å². The number of rotatable bonds is 88. The topological polar surface area (TPSA) is 237 Å². The lowest BCUT2D eigenvalue weighted by molar-refractivity contribution is -0.161. The van der Waals surface area contributed by atoms with Crippen LogP contribution in [0.3, 0.4) is 0 Å². The number of aliphatic hydroxyl groups is 1. The van der Waals surface area contributed by atoms with Crippen molar-refractivity contribution in [3.8, 4) is 0 Å². The molecule has 0 aliphatic carbocycles. The molecule has 0 aromatic rings. The van der Waals surface area contributed by atoms with Gasteiger partial charge in [0.15, 0.2) is 12.2 Å². The summed E-state index contributed by atoms with van der Waals surface area (Å²) >= 11 is 0. The molecule has 0 heterocycles. The third-order valence-corrected chi connectivity index (χ3v) is 23.2. The molecule has 0 aromatic heterocycles. The molecule has 3 N–H and O–H groups in total. The molecule has 0 rings (SSSR count). The quantitative estimate of drug-likeness (QED) is 0.0222. The Morgan fingerprint density at radius 3 is 0.704 bits per heavy atom. The van der Waals surface area contributed by atoms with Crippen LogP contribution in [0.4, 0.5) is 0 Å². The first-order chi connectivity index (χ1) is 52.4. The fraction of sp³-hybridized carbons (Fsp3) is 0.955. The average Bonchev–Trinajstić information content (AvgIpc) is 0.899. The highest BCUT2D eigenvalue weighted by atomic mass is 31.2. The maximum absolute atomic E-state index is 13.2. The summed E-state index contributed by atoms with van der Waals surface area (Å²) in [6.45, 7) is 9.77. The number of hydrogen-bond donors (Lipinski definition) is 3. The maximum Gasteiger partial charge on any atom is 0.472 e. The summed E-state index contributed by atoms with van der Waals surface area (Å²) in [6.07, 6.45) is 73.5. The number of carbonyl (C=O) groups excluding carboxylic acids is 4. The van der Waals surface area contributed by atoms with Crippen molar-refractivity contribution in [3.05, 3.63) is 0 Å². The molecule has 6 atom stereocenters. The van der Waals surface area contributed by atoms with Gasteiger partial charge >= 0.3 is 39.5 Å². The normalized spacial score (nSPS) is 14.0. The van der Waals surface area contributed by atoms with E-state index in [4.69, 9.17) is 37.0 Å². The van der Waals surface area contributed by atoms with E-state index in [1.165, 1.54) is 295 Å². The van der Waals surface area contributed by atoms with E-state index in [0.29, 0.717) is 25.7 Å². The second-order valence-corrected chi connectivity index (χ2v) is 35.6. The standard InChI is InChI=1S/C89H174O17P2/c1-7-10-12-14-16-18-20-21-22-23-24-25-26-27-30-37-43-49-55-61-67-73-88(93)106-85(78-100-87(92)72-66-60-54-48-42-36-31-28-29-34-40-45-51-57-63-69-81(4)5)80-104-108(97,98)102-76-83(90)75-101-107(95,96)103-79-84(77-99-86(91)71-65-59-53-47-39-19-17-15-13-11-8-2)105-89(94)74-68-62-56-50-44-38-33-32-35-41-46-52-58-64-70-82(6)9-3/h81-85,90H,7-80H2,1-6H3,(H,95,96)(H,97,98)/t82?,83-,84+,85+/m0/s1. The van der Waals surface area contributed by atoms with Crippen molar-refractivity contribution in [2.24, 2.45) is 11.8 Å². The molecule has 0 amide bonds. The third kappa shape index (κ3) is 80.7. The van der Waals surface area contributed by atoms with Gasteiger partial charge in [-0.05, 0) is 37.5 Å². The van der Waals surface area contributed by atoms with Crippen LogP contribution < -0.4 is 0 Å². The SMILES string of the molecule is CCCCCCCCCCCCCCCCCCCCCCCC(=O)O[C@H](COC(=O)CCCCCCCCCCCCCCCCCC(C)C)COP(=O)(O)OC[C@@H](O)COP(=O)(O)OC[C@@H](COC(=O)CCCCCCCCCCCCC)OC(=O)CCCCCCCCCCCCCCCCC(C)CC. The Morgan fingerprint density at radius 2 is 0.472 bits per heavy atom. The zero-order chi connectivity index (χ0) is 79.2. The van der Waals surface area contributed by atoms with E-state index in [-0.39, 0.29) is 25.7 Å². The first-order valence-corrected chi connectivity index (χ1v) is 49.0. The number of unbranched alkanes of at least 4 members (excludes halogenated alkanes) is 57. The smallest absolute Gasteiger partial charge is 0.462 e. The summed E-state index contributed by atoms with van der Waals surface area (Å²) in [5.74, 6) is -0.445. The number of aliphatic hydroxyl groups excluding tert-OH is 1. The van der Waals surface area contributed by atoms with Gasteiger partial charge in [0.05, 0.1) is 26.4 Å². The second-order valence-electron chi connectivity index (χ2n) is 32.7. The molecule has 3 unspecified atom stereocenters. The first kappa shape index (κ1) is 106. The van der Waals surface area contributed by atoms with Gasteiger partial charge in [-0.1, -0.05) is 427 Å². The van der Waals surface area contributed by atoms with Gasteiger partial charge < -0.3 is 33.8 Å². The lowest BCUT2D eigenvalue weighted by Gasteiger charge is -2.21. The minimum absolute atomic E-state index is 0.108. The molecule has 0 aliphatic rings. The molecule has 0 spiro atoms. The monoisotopic (exact) mass is 1580 g/mol. The van der Waals surface area contributed by atoms with Crippen LogP contribution in [0.25, 0.3) is 0 Å². The molecule has 19 heteroatoms. The first-order valence-electron chi connectivity index (χ1n) is 46.0. The molecular formula is C89H174O17P2. The van der Waals surface area contributed by atoms with Crippen molar-refractivity contribution >= 4 is 39.5 Å². The number of phosphoric ester groups is 2. The Kier molecular flexibility index (Phi) is 78.8. The summed E-state index contributed by atoms with van der Waals surface area (Å²) in [7, 11) is -9.93. The van der Waals surface area contributed by atoms with Crippen LogP contribution >= 0.6 is 15.6 Å². The van der Waals surface area contributed by atoms with Gasteiger partial charge in [0.2, 0.25) is 0 Å². The van der Waals surface area contributed by atoms with Crippen LogP contribution in [0.2, 0.25) is 0 Å². The Labute approximate surface area is 664 Å². The molecule has 17 nitrogen and oxygen atoms in total. The number of hydrogen-bond acceptors (Lipinski definition) is 15. The van der Waals surface area contributed by atoms with Crippen molar-refractivity contribution in [2.75, 3.05) is 39.6 Å². The zero-order valence-corrected chi connectivity index (χ0v) is 73.0. The lowest BCUT2D eigenvalue weighted by atomic mass is 9.99. The Morgan fingerprint density at radius 1 is 0.269 bits per heavy atom. The fourth-order valence-corrected chi connectivity index (χ4v) is 15.5. The Hall–Kier alpha value is -1.94. The molecular weight excluding hydrogens is 1400 g/mol. The summed E-state index contributed by atoms with van der Waals surface area (Å²) < 4.78 is 69.0. The van der Waals surface area contributed by atoms with Gasteiger partial charge in [-0.15, -0.1) is 0 Å². The highest BCUT2D eigenvalue weighted by Crippen LogP contribution is 2.45. The summed E-state index contributed by atoms with van der Waals surface area (Å²) in [6, 6.07) is 0. The van der Waals surface area contributed by atoms with E-state index in [2.05, 4.69) is 41.5 Å². The predicted octanol–water partition coefficient (Wildman–Crippen LogP) is 27.4. The second kappa shape index (κ2) is 80.3. The number of phosphoric acid groups is 2. The average molecular weight is 1580 g/mol. The van der Waals surface area contributed by atoms with Crippen LogP contribution in [-0.4, -0.2) is 96.7 Å². The summed E-state index contributed by atoms with van der Waals surface area (Å²) in [5.41, 5.74) is 0. The highest BCUT2D eigenvalue weighted by molar-refractivity contribution is 7.47. The van der Waals surface area contributed by atoms with E-state index in [0.717, 1.165) is 102 Å². The van der Waals surface area contributed by atoms with E-state index >= 15 is 0 Å². The summed E-state index contributed by atoms with van der Waals surface area (Å²) in [5, 5.41) is 10.7. The van der Waals surface area contributed by atoms with Gasteiger partial charge in [0, 0.05) is 25.7 Å². The molecule has 0 saturated heterocycles. The van der Waals surface area contributed by atoms with Gasteiger partial charge in [-0.3, -0.25) is 37.3 Å². The fourth-order valence-electron chi connectivity index (χ4n) is 13.9. The molecule has 0 fully saturated rings. The lowest BCUT2D eigenvalue weighted by Crippen LogP contribution is -2.30. The van der Waals surface area contributed by atoms with E-state index in [1.807, 2.05) is 0 Å². The summed E-state index contributed by atoms with van der Waals surface area (Å²) in [4.78, 5) is 73.3. The molecule has 0 aliphatic heterocycles. The molecule has 0 radical (unpaired) electrons. The van der Waals surface area contributed by atoms with Gasteiger partial charge in [0.1, 0.15) is 19.3 Å². The van der Waals surface area contributed by atoms with Crippen LogP contribution in [0, 0.1) is 11.8 Å². The molecule has 0 saturated carbocycles. The van der Waals surface area contributed by atoms with E-state index < -0.39 is 97.5 Å². The van der Waals surface area contributed by atoms with Crippen molar-refractivity contribution in [1.82, 2.24) is 0 Å². The van der Waals surface area contributed by atoms with Crippen LogP contribution in [0.5, 0.6) is 0 Å². The number of esters is 4. The van der Waals surface area contributed by atoms with Gasteiger partial charge in [-0.2, -0.15) is 0 Å². The Balaban J connectivity index is 5.24. The van der Waals surface area contributed by atoms with Crippen molar-refractivity contribution in [3.63, 3.8) is 0 Å². The van der Waals surface area contributed by atoms with E-state index in [9.17, 15) is 43.2 Å². The molecule has 0 bridgehead atoms. The number of carbonyl (C=O) groups is 4. The zero-order valence-electron chi connectivity index (χ0n) is 71.2. The highest BCUT2D eigenvalue weighted by Gasteiger charge is 2.31. The van der Waals surface area contributed by atoms with Gasteiger partial charge in [-0.25, -0.2) is 9.13 Å². The van der Waals surface area contributed by atoms with Crippen molar-refractivity contribution in [1.29, 1.82) is 0 Å².